The van der Waals surface area contributed by atoms with Crippen LogP contribution in [0, 0.1) is 0 Å². The Morgan fingerprint density at radius 3 is 2.36 bits per heavy atom. The Hall–Kier alpha value is -1.81. The van der Waals surface area contributed by atoms with Gasteiger partial charge >= 0.3 is 0 Å². The average molecular weight is 460 g/mol. The number of sulfonamides is 1. The van der Waals surface area contributed by atoms with Crippen LogP contribution in [0.25, 0.3) is 0 Å². The molecule has 0 saturated heterocycles. The molecule has 6 nitrogen and oxygen atoms in total. The Morgan fingerprint density at radius 1 is 1.04 bits per heavy atom. The molecule has 2 heterocycles. The smallest absolute Gasteiger partial charge is 0.248 e. The number of rotatable bonds is 7. The van der Waals surface area contributed by atoms with Crippen molar-refractivity contribution in [3.63, 3.8) is 0 Å². The Bertz CT molecular complexity index is 1010. The lowest BCUT2D eigenvalue weighted by Crippen LogP contribution is -2.15. The molecule has 0 radical (unpaired) electrons. The Kier molecular flexibility index (Phi) is 9.22. The van der Waals surface area contributed by atoms with Gasteiger partial charge in [-0.05, 0) is 29.1 Å². The van der Waals surface area contributed by atoms with Crippen LogP contribution in [0.5, 0.6) is 0 Å². The van der Waals surface area contributed by atoms with Crippen LogP contribution >= 0.6 is 36.2 Å². The SMILES string of the molecule is Cl.Cl.NS(=O)(=O)c1sccc1C(=O)c1ccc(CNCc2ccccn2)cc1. The van der Waals surface area contributed by atoms with E-state index in [9.17, 15) is 13.2 Å². The molecule has 10 heteroatoms. The monoisotopic (exact) mass is 459 g/mol. The molecule has 0 fully saturated rings. The van der Waals surface area contributed by atoms with Gasteiger partial charge in [0, 0.05) is 24.8 Å². The van der Waals surface area contributed by atoms with Gasteiger partial charge in [0.25, 0.3) is 0 Å². The first-order valence-corrected chi connectivity index (χ1v) is 10.2. The predicted octanol–water partition coefficient (Wildman–Crippen LogP) is 3.15. The zero-order valence-electron chi connectivity index (χ0n) is 14.6. The number of ketones is 1. The van der Waals surface area contributed by atoms with Crippen molar-refractivity contribution in [2.24, 2.45) is 5.14 Å². The van der Waals surface area contributed by atoms with Gasteiger partial charge in [-0.25, -0.2) is 13.6 Å². The highest BCUT2D eigenvalue weighted by molar-refractivity contribution is 7.91. The summed E-state index contributed by atoms with van der Waals surface area (Å²) >= 11 is 0.942. The maximum absolute atomic E-state index is 12.5. The van der Waals surface area contributed by atoms with Gasteiger partial charge in [-0.2, -0.15) is 0 Å². The highest BCUT2D eigenvalue weighted by Crippen LogP contribution is 2.24. The van der Waals surface area contributed by atoms with E-state index < -0.39 is 10.0 Å². The first-order valence-electron chi connectivity index (χ1n) is 7.80. The van der Waals surface area contributed by atoms with Gasteiger partial charge in [0.05, 0.1) is 11.3 Å². The van der Waals surface area contributed by atoms with Gasteiger partial charge in [-0.15, -0.1) is 36.2 Å². The molecule has 0 aliphatic rings. The van der Waals surface area contributed by atoms with Crippen LogP contribution in [0.4, 0.5) is 0 Å². The fraction of sp³-hybridized carbons (Fsp3) is 0.111. The molecule has 3 rings (SSSR count). The van der Waals surface area contributed by atoms with Crippen LogP contribution in [0.1, 0.15) is 27.2 Å². The van der Waals surface area contributed by atoms with Gasteiger partial charge in [-0.1, -0.05) is 30.3 Å². The molecule has 0 saturated carbocycles. The minimum absolute atomic E-state index is 0. The van der Waals surface area contributed by atoms with E-state index in [-0.39, 0.29) is 40.4 Å². The van der Waals surface area contributed by atoms with Crippen molar-refractivity contribution in [1.29, 1.82) is 0 Å². The molecule has 0 spiro atoms. The van der Waals surface area contributed by atoms with Gasteiger partial charge < -0.3 is 5.32 Å². The van der Waals surface area contributed by atoms with Gasteiger partial charge in [0.15, 0.2) is 5.78 Å². The fourth-order valence-electron chi connectivity index (χ4n) is 2.45. The summed E-state index contributed by atoms with van der Waals surface area (Å²) in [4.78, 5) is 16.8. The van der Waals surface area contributed by atoms with E-state index in [2.05, 4.69) is 10.3 Å². The number of carbonyl (C=O) groups is 1. The molecule has 1 aromatic carbocycles. The molecule has 0 amide bonds. The number of benzene rings is 1. The second-order valence-electron chi connectivity index (χ2n) is 5.62. The van der Waals surface area contributed by atoms with Crippen molar-refractivity contribution in [2.45, 2.75) is 17.3 Å². The zero-order valence-corrected chi connectivity index (χ0v) is 17.8. The van der Waals surface area contributed by atoms with Crippen LogP contribution in [0.3, 0.4) is 0 Å². The first kappa shape index (κ1) is 24.2. The third-order valence-electron chi connectivity index (χ3n) is 3.71. The van der Waals surface area contributed by atoms with Crippen LogP contribution in [0.15, 0.2) is 64.3 Å². The number of nitrogens with two attached hydrogens (primary N) is 1. The van der Waals surface area contributed by atoms with Gasteiger partial charge in [-0.3, -0.25) is 9.78 Å². The number of aromatic nitrogens is 1. The van der Waals surface area contributed by atoms with E-state index in [1.165, 1.54) is 6.07 Å². The molecular formula is C18H19Cl2N3O3S2. The number of primary sulfonamides is 1. The number of nitrogens with zero attached hydrogens (tertiary/aromatic N) is 1. The fourth-order valence-corrected chi connectivity index (χ4v) is 4.24. The van der Waals surface area contributed by atoms with Gasteiger partial charge in [0.2, 0.25) is 10.0 Å². The summed E-state index contributed by atoms with van der Waals surface area (Å²) < 4.78 is 23.0. The van der Waals surface area contributed by atoms with Crippen molar-refractivity contribution in [1.82, 2.24) is 10.3 Å². The molecule has 3 N–H and O–H groups in total. The van der Waals surface area contributed by atoms with E-state index in [4.69, 9.17) is 5.14 Å². The first-order chi connectivity index (χ1) is 12.4. The van der Waals surface area contributed by atoms with E-state index >= 15 is 0 Å². The number of pyridine rings is 1. The molecule has 2 aromatic heterocycles. The lowest BCUT2D eigenvalue weighted by molar-refractivity contribution is 0.103. The topological polar surface area (TPSA) is 102 Å². The van der Waals surface area contributed by atoms with Crippen molar-refractivity contribution < 1.29 is 13.2 Å². The van der Waals surface area contributed by atoms with Crippen LogP contribution in [-0.2, 0) is 23.1 Å². The van der Waals surface area contributed by atoms with E-state index in [1.54, 1.807) is 23.7 Å². The normalized spacial score (nSPS) is 10.6. The highest BCUT2D eigenvalue weighted by Gasteiger charge is 2.21. The van der Waals surface area contributed by atoms with Crippen molar-refractivity contribution in [2.75, 3.05) is 0 Å². The molecular weight excluding hydrogens is 441 g/mol. The maximum Gasteiger partial charge on any atom is 0.248 e. The number of thiophene rings is 1. The van der Waals surface area contributed by atoms with Crippen LogP contribution in [0.2, 0.25) is 0 Å². The molecule has 0 atom stereocenters. The van der Waals surface area contributed by atoms with Crippen LogP contribution < -0.4 is 10.5 Å². The lowest BCUT2D eigenvalue weighted by Gasteiger charge is -2.06. The summed E-state index contributed by atoms with van der Waals surface area (Å²) in [5.41, 5.74) is 2.49. The van der Waals surface area contributed by atoms with Gasteiger partial charge in [0.1, 0.15) is 4.21 Å². The number of carbonyl (C=O) groups excluding carboxylic acids is 1. The van der Waals surface area contributed by atoms with Crippen molar-refractivity contribution in [3.8, 4) is 0 Å². The number of hydrogen-bond donors (Lipinski definition) is 2. The summed E-state index contributed by atoms with van der Waals surface area (Å²) in [5.74, 6) is -0.358. The summed E-state index contributed by atoms with van der Waals surface area (Å²) in [6.07, 6.45) is 1.75. The standard InChI is InChI=1S/C18H17N3O3S2.2ClH/c19-26(23,24)18-16(8-10-25-18)17(22)14-6-4-13(5-7-14)11-20-12-15-3-1-2-9-21-15;;/h1-10,20H,11-12H2,(H2,19,23,24);2*1H. The maximum atomic E-state index is 12.5. The number of halogens is 2. The Labute approximate surface area is 180 Å². The number of hydrogen-bond acceptors (Lipinski definition) is 6. The van der Waals surface area contributed by atoms with E-state index in [0.717, 1.165) is 22.6 Å². The predicted molar refractivity (Wildman–Crippen MR) is 115 cm³/mol. The lowest BCUT2D eigenvalue weighted by atomic mass is 10.0. The molecule has 28 heavy (non-hydrogen) atoms. The molecule has 0 bridgehead atoms. The largest absolute Gasteiger partial charge is 0.307 e. The van der Waals surface area contributed by atoms with Crippen molar-refractivity contribution >= 4 is 52.0 Å². The van der Waals surface area contributed by atoms with E-state index in [1.807, 2.05) is 30.3 Å². The second-order valence-corrected chi connectivity index (χ2v) is 8.29. The zero-order chi connectivity index (χ0) is 18.6. The third-order valence-corrected chi connectivity index (χ3v) is 6.14. The summed E-state index contributed by atoms with van der Waals surface area (Å²) in [6, 6.07) is 14.3. The van der Waals surface area contributed by atoms with Crippen LogP contribution in [-0.4, -0.2) is 19.2 Å². The Balaban J connectivity index is 0.00000196. The number of nitrogens with one attached hydrogen (secondary N) is 1. The van der Waals surface area contributed by atoms with Crippen molar-refractivity contribution in [3.05, 3.63) is 82.5 Å². The molecule has 0 aliphatic heterocycles. The summed E-state index contributed by atoms with van der Waals surface area (Å²) in [7, 11) is -3.91. The summed E-state index contributed by atoms with van der Waals surface area (Å²) in [6.45, 7) is 1.28. The quantitative estimate of drug-likeness (QED) is 0.528. The average Bonchev–Trinajstić information content (AvgIpc) is 3.13. The molecule has 0 unspecified atom stereocenters. The molecule has 0 aliphatic carbocycles. The minimum Gasteiger partial charge on any atom is -0.307 e. The molecule has 3 aromatic rings. The van der Waals surface area contributed by atoms with E-state index in [0.29, 0.717) is 18.7 Å². The highest BCUT2D eigenvalue weighted by atomic mass is 35.5. The Morgan fingerprint density at radius 2 is 1.75 bits per heavy atom. The summed E-state index contributed by atoms with van der Waals surface area (Å²) in [5, 5.41) is 9.99. The minimum atomic E-state index is -3.91. The molecule has 150 valence electrons. The second kappa shape index (κ2) is 10.7. The third kappa shape index (κ3) is 6.10.